The van der Waals surface area contributed by atoms with E-state index in [1.165, 1.54) is 0 Å². The second kappa shape index (κ2) is 9.29. The molecule has 0 aliphatic carbocycles. The summed E-state index contributed by atoms with van der Waals surface area (Å²) in [5.74, 6) is 1.90. The quantitative estimate of drug-likeness (QED) is 0.523. The van der Waals surface area contributed by atoms with Gasteiger partial charge in [0, 0.05) is 31.7 Å². The molecule has 9 nitrogen and oxygen atoms in total. The molecule has 0 aliphatic heterocycles. The molecule has 1 amide bonds. The van der Waals surface area contributed by atoms with Crippen LogP contribution in [0.3, 0.4) is 0 Å². The van der Waals surface area contributed by atoms with Gasteiger partial charge >= 0.3 is 6.09 Å². The van der Waals surface area contributed by atoms with Crippen molar-refractivity contribution in [2.75, 3.05) is 34.9 Å². The van der Waals surface area contributed by atoms with Gasteiger partial charge in [0.2, 0.25) is 5.95 Å². The van der Waals surface area contributed by atoms with Crippen molar-refractivity contribution in [3.63, 3.8) is 0 Å². The topological polar surface area (TPSA) is 104 Å². The van der Waals surface area contributed by atoms with Crippen molar-refractivity contribution in [2.45, 2.75) is 26.4 Å². The van der Waals surface area contributed by atoms with Crippen molar-refractivity contribution in [1.29, 1.82) is 0 Å². The van der Waals surface area contributed by atoms with Gasteiger partial charge in [0.25, 0.3) is 0 Å². The molecule has 3 rings (SSSR count). The molecule has 0 aliphatic rings. The van der Waals surface area contributed by atoms with E-state index in [4.69, 9.17) is 4.74 Å². The molecule has 3 aromatic rings. The summed E-state index contributed by atoms with van der Waals surface area (Å²) < 4.78 is 5.29. The number of pyridine rings is 1. The highest BCUT2D eigenvalue weighted by molar-refractivity contribution is 5.85. The molecule has 0 saturated heterocycles. The molecule has 162 valence electrons. The average Bonchev–Trinajstić information content (AvgIpc) is 2.67. The molecule has 0 saturated carbocycles. The van der Waals surface area contributed by atoms with Crippen LogP contribution in [0.5, 0.6) is 0 Å². The highest BCUT2D eigenvalue weighted by Crippen LogP contribution is 2.21. The number of benzene rings is 1. The molecule has 9 heteroatoms. The van der Waals surface area contributed by atoms with E-state index in [0.717, 1.165) is 17.2 Å². The van der Waals surface area contributed by atoms with Crippen LogP contribution in [0.4, 0.5) is 39.4 Å². The maximum Gasteiger partial charge on any atom is 0.412 e. The first kappa shape index (κ1) is 21.8. The van der Waals surface area contributed by atoms with E-state index >= 15 is 0 Å². The van der Waals surface area contributed by atoms with Gasteiger partial charge in [-0.15, -0.1) is 0 Å². The van der Waals surface area contributed by atoms with Crippen molar-refractivity contribution in [1.82, 2.24) is 15.0 Å². The number of aromatic nitrogens is 3. The predicted molar refractivity (Wildman–Crippen MR) is 123 cm³/mol. The lowest BCUT2D eigenvalue weighted by Crippen LogP contribution is -2.27. The summed E-state index contributed by atoms with van der Waals surface area (Å²) >= 11 is 0. The summed E-state index contributed by atoms with van der Waals surface area (Å²) in [5.41, 5.74) is 1.59. The zero-order chi connectivity index (χ0) is 22.4. The Morgan fingerprint density at radius 3 is 2.42 bits per heavy atom. The van der Waals surface area contributed by atoms with Gasteiger partial charge in [-0.25, -0.2) is 14.8 Å². The Morgan fingerprint density at radius 2 is 1.74 bits per heavy atom. The molecule has 0 fully saturated rings. The Kier molecular flexibility index (Phi) is 6.54. The Bertz CT molecular complexity index is 1030. The fraction of sp³-hybridized carbons (Fsp3) is 0.273. The predicted octanol–water partition coefficient (Wildman–Crippen LogP) is 4.77. The summed E-state index contributed by atoms with van der Waals surface area (Å²) in [7, 11) is 3.87. The van der Waals surface area contributed by atoms with Crippen LogP contribution in [0.1, 0.15) is 20.8 Å². The number of ether oxygens (including phenoxy) is 1. The number of amides is 1. The van der Waals surface area contributed by atoms with E-state index in [-0.39, 0.29) is 0 Å². The zero-order valence-corrected chi connectivity index (χ0v) is 18.3. The van der Waals surface area contributed by atoms with Crippen LogP contribution in [0.2, 0.25) is 0 Å². The van der Waals surface area contributed by atoms with Gasteiger partial charge in [-0.3, -0.25) is 5.32 Å². The number of carbonyl (C=O) groups is 1. The third-order valence-electron chi connectivity index (χ3n) is 3.90. The number of rotatable bonds is 6. The molecule has 2 aromatic heterocycles. The first-order chi connectivity index (χ1) is 14.7. The maximum atomic E-state index is 12.0. The Morgan fingerprint density at radius 1 is 0.968 bits per heavy atom. The molecule has 0 bridgehead atoms. The molecular weight excluding hydrogens is 394 g/mol. The fourth-order valence-corrected chi connectivity index (χ4v) is 2.59. The van der Waals surface area contributed by atoms with Crippen molar-refractivity contribution in [3.8, 4) is 0 Å². The van der Waals surface area contributed by atoms with Crippen LogP contribution in [0, 0.1) is 0 Å². The van der Waals surface area contributed by atoms with Crippen molar-refractivity contribution >= 4 is 40.7 Å². The summed E-state index contributed by atoms with van der Waals surface area (Å²) in [6, 6.07) is 12.9. The summed E-state index contributed by atoms with van der Waals surface area (Å²) in [6.07, 6.45) is 2.87. The van der Waals surface area contributed by atoms with Crippen molar-refractivity contribution < 1.29 is 9.53 Å². The minimum Gasteiger partial charge on any atom is -0.444 e. The zero-order valence-electron chi connectivity index (χ0n) is 18.3. The van der Waals surface area contributed by atoms with Crippen LogP contribution in [-0.4, -0.2) is 40.7 Å². The summed E-state index contributed by atoms with van der Waals surface area (Å²) in [6.45, 7) is 5.45. The molecule has 3 N–H and O–H groups in total. The van der Waals surface area contributed by atoms with Gasteiger partial charge in [0.15, 0.2) is 0 Å². The lowest BCUT2D eigenvalue weighted by atomic mass is 10.2. The minimum atomic E-state index is -0.563. The van der Waals surface area contributed by atoms with E-state index in [0.29, 0.717) is 17.5 Å². The molecule has 1 aromatic carbocycles. The lowest BCUT2D eigenvalue weighted by molar-refractivity contribution is 0.0636. The first-order valence-electron chi connectivity index (χ1n) is 9.78. The second-order valence-electron chi connectivity index (χ2n) is 8.02. The minimum absolute atomic E-state index is 0.437. The largest absolute Gasteiger partial charge is 0.444 e. The maximum absolute atomic E-state index is 12.0. The first-order valence-corrected chi connectivity index (χ1v) is 9.78. The van der Waals surface area contributed by atoms with Gasteiger partial charge in [-0.1, -0.05) is 6.07 Å². The number of nitrogens with one attached hydrogen (secondary N) is 3. The van der Waals surface area contributed by atoms with Crippen LogP contribution in [0.25, 0.3) is 0 Å². The van der Waals surface area contributed by atoms with Crippen LogP contribution in [-0.2, 0) is 4.74 Å². The van der Waals surface area contributed by atoms with Crippen LogP contribution < -0.4 is 20.9 Å². The van der Waals surface area contributed by atoms with Gasteiger partial charge < -0.3 is 20.3 Å². The highest BCUT2D eigenvalue weighted by atomic mass is 16.6. The molecular formula is C22H27N7O2. The Balaban J connectivity index is 1.66. The normalized spacial score (nSPS) is 10.9. The van der Waals surface area contributed by atoms with E-state index in [1.54, 1.807) is 30.6 Å². The van der Waals surface area contributed by atoms with Gasteiger partial charge in [-0.2, -0.15) is 4.98 Å². The average molecular weight is 422 g/mol. The molecule has 0 radical (unpaired) electrons. The highest BCUT2D eigenvalue weighted by Gasteiger charge is 2.16. The Hall–Kier alpha value is -3.88. The van der Waals surface area contributed by atoms with Gasteiger partial charge in [0.05, 0.1) is 11.9 Å². The van der Waals surface area contributed by atoms with Gasteiger partial charge in [0.1, 0.15) is 17.2 Å². The van der Waals surface area contributed by atoms with Crippen LogP contribution in [0.15, 0.2) is 54.9 Å². The number of nitrogens with zero attached hydrogens (tertiary/aromatic N) is 4. The molecule has 2 heterocycles. The van der Waals surface area contributed by atoms with E-state index < -0.39 is 11.7 Å². The van der Waals surface area contributed by atoms with Gasteiger partial charge in [-0.05, 0) is 57.2 Å². The smallest absolute Gasteiger partial charge is 0.412 e. The number of hydrogen-bond donors (Lipinski definition) is 3. The third-order valence-corrected chi connectivity index (χ3v) is 3.90. The standard InChI is InChI=1S/C22H27N7O2/c1-22(2,3)31-21(30)27-16-8-6-7-15(13-16)25-18-11-12-23-20(28-18)26-17-9-10-19(24-14-17)29(4)5/h6-14H,1-5H3,(H,27,30)(H2,23,25,26,28). The number of anilines is 6. The second-order valence-corrected chi connectivity index (χ2v) is 8.02. The third kappa shape index (κ3) is 6.84. The van der Waals surface area contributed by atoms with E-state index in [1.807, 2.05) is 64.0 Å². The number of hydrogen-bond acceptors (Lipinski definition) is 8. The van der Waals surface area contributed by atoms with Crippen LogP contribution >= 0.6 is 0 Å². The molecule has 0 unspecified atom stereocenters. The van der Waals surface area contributed by atoms with E-state index in [2.05, 4.69) is 30.9 Å². The lowest BCUT2D eigenvalue weighted by Gasteiger charge is -2.19. The Labute approximate surface area is 181 Å². The summed E-state index contributed by atoms with van der Waals surface area (Å²) in [4.78, 5) is 27.0. The summed E-state index contributed by atoms with van der Waals surface area (Å²) in [5, 5.41) is 9.07. The monoisotopic (exact) mass is 421 g/mol. The molecule has 31 heavy (non-hydrogen) atoms. The van der Waals surface area contributed by atoms with Crippen molar-refractivity contribution in [2.24, 2.45) is 0 Å². The van der Waals surface area contributed by atoms with E-state index in [9.17, 15) is 4.79 Å². The SMILES string of the molecule is CN(C)c1ccc(Nc2nccc(Nc3cccc(NC(=O)OC(C)(C)C)c3)n2)cn1. The fourth-order valence-electron chi connectivity index (χ4n) is 2.59. The molecule has 0 spiro atoms. The van der Waals surface area contributed by atoms with Crippen molar-refractivity contribution in [3.05, 3.63) is 54.9 Å². The molecule has 0 atom stereocenters. The number of carbonyl (C=O) groups excluding carboxylic acids is 1.